The van der Waals surface area contributed by atoms with Crippen LogP contribution >= 0.6 is 0 Å². The van der Waals surface area contributed by atoms with Gasteiger partial charge in [-0.3, -0.25) is 10.1 Å². The Morgan fingerprint density at radius 3 is 2.33 bits per heavy atom. The minimum Gasteiger partial charge on any atom is -0.490 e. The number of nitrogens with one attached hydrogen (secondary N) is 1. The van der Waals surface area contributed by atoms with E-state index in [0.717, 1.165) is 6.07 Å². The SMILES string of the molecule is COc1cc(NCC2C(C)(C)C2(C)C)c(F)cc1[N+](=O)[O-]. The fraction of sp³-hybridized carbons (Fsp3) is 0.600. The van der Waals surface area contributed by atoms with Crippen LogP contribution in [0.3, 0.4) is 0 Å². The third-order valence-corrected chi connectivity index (χ3v) is 5.28. The molecule has 21 heavy (non-hydrogen) atoms. The molecule has 1 aromatic carbocycles. The highest BCUT2D eigenvalue weighted by Crippen LogP contribution is 2.68. The fourth-order valence-corrected chi connectivity index (χ4v) is 3.04. The molecule has 0 unspecified atom stereocenters. The molecule has 1 N–H and O–H groups in total. The Hall–Kier alpha value is -1.85. The molecule has 0 heterocycles. The average Bonchev–Trinajstić information content (AvgIpc) is 2.78. The van der Waals surface area contributed by atoms with E-state index in [1.165, 1.54) is 13.2 Å². The first kappa shape index (κ1) is 15.5. The van der Waals surface area contributed by atoms with Crippen LogP contribution in [-0.4, -0.2) is 18.6 Å². The number of nitro benzene ring substituents is 1. The molecule has 6 heteroatoms. The predicted molar refractivity (Wildman–Crippen MR) is 79.1 cm³/mol. The lowest BCUT2D eigenvalue weighted by Crippen LogP contribution is -2.10. The number of hydrogen-bond acceptors (Lipinski definition) is 4. The van der Waals surface area contributed by atoms with Crippen molar-refractivity contribution < 1.29 is 14.1 Å². The second kappa shape index (κ2) is 4.86. The number of halogens is 1. The summed E-state index contributed by atoms with van der Waals surface area (Å²) in [6, 6.07) is 2.24. The van der Waals surface area contributed by atoms with Gasteiger partial charge in [-0.05, 0) is 16.7 Å². The van der Waals surface area contributed by atoms with Crippen LogP contribution < -0.4 is 10.1 Å². The van der Waals surface area contributed by atoms with Crippen LogP contribution in [0.25, 0.3) is 0 Å². The van der Waals surface area contributed by atoms with Crippen molar-refractivity contribution in [2.45, 2.75) is 27.7 Å². The number of hydrogen-bond donors (Lipinski definition) is 1. The summed E-state index contributed by atoms with van der Waals surface area (Å²) in [4.78, 5) is 10.2. The molecule has 0 aliphatic heterocycles. The monoisotopic (exact) mass is 296 g/mol. The van der Waals surface area contributed by atoms with E-state index in [1.54, 1.807) is 0 Å². The van der Waals surface area contributed by atoms with Gasteiger partial charge in [-0.25, -0.2) is 4.39 Å². The first-order valence-electron chi connectivity index (χ1n) is 6.88. The lowest BCUT2D eigenvalue weighted by Gasteiger charge is -2.10. The molecule has 2 rings (SSSR count). The molecule has 0 aromatic heterocycles. The van der Waals surface area contributed by atoms with Gasteiger partial charge in [0.05, 0.1) is 23.8 Å². The van der Waals surface area contributed by atoms with Crippen LogP contribution in [0.5, 0.6) is 5.75 Å². The Bertz CT molecular complexity index is 571. The highest BCUT2D eigenvalue weighted by molar-refractivity contribution is 5.59. The van der Waals surface area contributed by atoms with E-state index >= 15 is 0 Å². The topological polar surface area (TPSA) is 64.4 Å². The standard InChI is InChI=1S/C15H21FN2O3/c1-14(2)13(15(14,3)4)8-17-10-7-12(21-5)11(18(19)20)6-9(10)16/h6-7,13,17H,8H2,1-5H3. The normalized spacial score (nSPS) is 19.1. The zero-order valence-corrected chi connectivity index (χ0v) is 13.0. The van der Waals surface area contributed by atoms with Gasteiger partial charge in [0.25, 0.3) is 0 Å². The summed E-state index contributed by atoms with van der Waals surface area (Å²) in [6.45, 7) is 9.37. The Morgan fingerprint density at radius 2 is 1.90 bits per heavy atom. The molecule has 1 fully saturated rings. The van der Waals surface area contributed by atoms with E-state index < -0.39 is 10.7 Å². The molecule has 1 saturated carbocycles. The van der Waals surface area contributed by atoms with Gasteiger partial charge in [-0.15, -0.1) is 0 Å². The van der Waals surface area contributed by atoms with Crippen molar-refractivity contribution in [3.63, 3.8) is 0 Å². The van der Waals surface area contributed by atoms with Gasteiger partial charge in [0.1, 0.15) is 0 Å². The minimum absolute atomic E-state index is 0.0539. The molecule has 1 aliphatic carbocycles. The van der Waals surface area contributed by atoms with Gasteiger partial charge in [0, 0.05) is 12.6 Å². The Morgan fingerprint density at radius 1 is 1.33 bits per heavy atom. The molecule has 0 spiro atoms. The molecule has 116 valence electrons. The zero-order chi connectivity index (χ0) is 16.0. The summed E-state index contributed by atoms with van der Waals surface area (Å²) in [5, 5.41) is 13.9. The number of nitrogens with zero attached hydrogens (tertiary/aromatic N) is 1. The average molecular weight is 296 g/mol. The number of methoxy groups -OCH3 is 1. The molecular weight excluding hydrogens is 275 g/mol. The lowest BCUT2D eigenvalue weighted by molar-refractivity contribution is -0.385. The summed E-state index contributed by atoms with van der Waals surface area (Å²) in [5.41, 5.74) is 0.256. The van der Waals surface area contributed by atoms with Gasteiger partial charge in [0.2, 0.25) is 0 Å². The van der Waals surface area contributed by atoms with E-state index in [0.29, 0.717) is 12.5 Å². The van der Waals surface area contributed by atoms with Crippen LogP contribution in [0.1, 0.15) is 27.7 Å². The Labute approximate surface area is 123 Å². The molecule has 1 aliphatic rings. The molecule has 0 atom stereocenters. The van der Waals surface area contributed by atoms with E-state index in [4.69, 9.17) is 4.74 Å². The van der Waals surface area contributed by atoms with Crippen LogP contribution in [-0.2, 0) is 0 Å². The maximum atomic E-state index is 14.0. The zero-order valence-electron chi connectivity index (χ0n) is 13.0. The molecule has 1 aromatic rings. The Balaban J connectivity index is 2.17. The summed E-state index contributed by atoms with van der Waals surface area (Å²) in [7, 11) is 1.33. The first-order valence-corrected chi connectivity index (χ1v) is 6.88. The third-order valence-electron chi connectivity index (χ3n) is 5.28. The molecular formula is C15H21FN2O3. The van der Waals surface area contributed by atoms with Crippen molar-refractivity contribution >= 4 is 11.4 Å². The molecule has 0 saturated heterocycles. The van der Waals surface area contributed by atoms with Crippen molar-refractivity contribution in [1.29, 1.82) is 0 Å². The summed E-state index contributed by atoms with van der Waals surface area (Å²) in [5.74, 6) is -0.164. The largest absolute Gasteiger partial charge is 0.490 e. The second-order valence-electron chi connectivity index (χ2n) is 6.64. The van der Waals surface area contributed by atoms with Gasteiger partial charge in [0.15, 0.2) is 11.6 Å². The highest BCUT2D eigenvalue weighted by atomic mass is 19.1. The van der Waals surface area contributed by atoms with E-state index in [2.05, 4.69) is 33.0 Å². The van der Waals surface area contributed by atoms with Crippen LogP contribution in [0.15, 0.2) is 12.1 Å². The minimum atomic E-state index is -0.654. The summed E-state index contributed by atoms with van der Waals surface area (Å²) in [6.07, 6.45) is 0. The lowest BCUT2D eigenvalue weighted by atomic mass is 10.0. The van der Waals surface area contributed by atoms with Crippen LogP contribution in [0, 0.1) is 32.7 Å². The van der Waals surface area contributed by atoms with E-state index in [1.807, 2.05) is 0 Å². The maximum absolute atomic E-state index is 14.0. The molecule has 0 radical (unpaired) electrons. The van der Waals surface area contributed by atoms with Gasteiger partial charge in [-0.2, -0.15) is 0 Å². The van der Waals surface area contributed by atoms with Gasteiger partial charge < -0.3 is 10.1 Å². The number of nitro groups is 1. The van der Waals surface area contributed by atoms with E-state index in [-0.39, 0.29) is 28.0 Å². The van der Waals surface area contributed by atoms with Crippen molar-refractivity contribution in [2.24, 2.45) is 16.7 Å². The third kappa shape index (κ3) is 2.43. The number of ether oxygens (including phenoxy) is 1. The van der Waals surface area contributed by atoms with Crippen LogP contribution in [0.4, 0.5) is 15.8 Å². The van der Waals surface area contributed by atoms with Crippen molar-refractivity contribution in [3.8, 4) is 5.75 Å². The van der Waals surface area contributed by atoms with Gasteiger partial charge in [-0.1, -0.05) is 27.7 Å². The quantitative estimate of drug-likeness (QED) is 0.662. The first-order chi connectivity index (χ1) is 9.62. The summed E-state index contributed by atoms with van der Waals surface area (Å²) < 4.78 is 18.9. The van der Waals surface area contributed by atoms with Crippen molar-refractivity contribution in [2.75, 3.05) is 19.0 Å². The molecule has 5 nitrogen and oxygen atoms in total. The van der Waals surface area contributed by atoms with Gasteiger partial charge >= 0.3 is 5.69 Å². The Kier molecular flexibility index (Phi) is 3.59. The smallest absolute Gasteiger partial charge is 0.313 e. The number of benzene rings is 1. The number of rotatable bonds is 5. The second-order valence-corrected chi connectivity index (χ2v) is 6.64. The number of anilines is 1. The van der Waals surface area contributed by atoms with Crippen molar-refractivity contribution in [3.05, 3.63) is 28.1 Å². The fourth-order valence-electron chi connectivity index (χ4n) is 3.04. The van der Waals surface area contributed by atoms with Crippen LogP contribution in [0.2, 0.25) is 0 Å². The summed E-state index contributed by atoms with van der Waals surface area (Å²) >= 11 is 0. The molecule has 0 bridgehead atoms. The maximum Gasteiger partial charge on any atom is 0.313 e. The predicted octanol–water partition coefficient (Wildman–Crippen LogP) is 3.84. The van der Waals surface area contributed by atoms with E-state index in [9.17, 15) is 14.5 Å². The molecule has 0 amide bonds. The van der Waals surface area contributed by atoms with Crippen molar-refractivity contribution in [1.82, 2.24) is 0 Å². The highest BCUT2D eigenvalue weighted by Gasteiger charge is 2.64.